The van der Waals surface area contributed by atoms with Crippen LogP contribution in [0.1, 0.15) is 65.7 Å². The molecule has 0 spiro atoms. The van der Waals surface area contributed by atoms with Crippen LogP contribution in [0.4, 0.5) is 4.39 Å². The van der Waals surface area contributed by atoms with Crippen LogP contribution < -0.4 is 0 Å². The fourth-order valence-corrected chi connectivity index (χ4v) is 7.32. The van der Waals surface area contributed by atoms with Gasteiger partial charge in [-0.25, -0.2) is 4.39 Å². The molecular weight excluding hydrogens is 391 g/mol. The average molecular weight is 422 g/mol. The van der Waals surface area contributed by atoms with E-state index in [0.717, 1.165) is 5.57 Å². The third-order valence-electron chi connectivity index (χ3n) is 9.06. The number of hydrogen-bond donors (Lipinski definition) is 2. The molecule has 0 radical (unpaired) electrons. The SMILES string of the molecule is CC(=O)OCC(=O)[C@]1(O)CC[C@@H]2[C@H]3CCC4=CC(=O)CC[C@]4(C)[C@]3(F)[C@@H](O)C[C@@]21C. The van der Waals surface area contributed by atoms with Crippen LogP contribution in [-0.2, 0) is 19.1 Å². The summed E-state index contributed by atoms with van der Waals surface area (Å²) in [5, 5.41) is 22.6. The van der Waals surface area contributed by atoms with Crippen LogP contribution in [0.5, 0.6) is 0 Å². The Morgan fingerprint density at radius 2 is 1.90 bits per heavy atom. The Hall–Kier alpha value is -1.60. The Balaban J connectivity index is 1.71. The smallest absolute Gasteiger partial charge is 0.303 e. The van der Waals surface area contributed by atoms with Crippen molar-refractivity contribution >= 4 is 17.5 Å². The fourth-order valence-electron chi connectivity index (χ4n) is 7.32. The normalized spacial score (nSPS) is 47.6. The Morgan fingerprint density at radius 1 is 1.20 bits per heavy atom. The van der Waals surface area contributed by atoms with Gasteiger partial charge < -0.3 is 14.9 Å². The number of carbonyl (C=O) groups excluding carboxylic acids is 3. The van der Waals surface area contributed by atoms with E-state index in [1.807, 2.05) is 6.92 Å². The number of allylic oxidation sites excluding steroid dienone is 1. The molecule has 0 aliphatic heterocycles. The monoisotopic (exact) mass is 422 g/mol. The summed E-state index contributed by atoms with van der Waals surface area (Å²) in [7, 11) is 0. The molecule has 3 fully saturated rings. The Morgan fingerprint density at radius 3 is 2.57 bits per heavy atom. The number of alkyl halides is 1. The van der Waals surface area contributed by atoms with E-state index in [1.165, 1.54) is 6.92 Å². The first kappa shape index (κ1) is 21.6. The number of ether oxygens (including phenoxy) is 1. The maximum absolute atomic E-state index is 16.9. The van der Waals surface area contributed by atoms with Crippen LogP contribution in [0.25, 0.3) is 0 Å². The lowest BCUT2D eigenvalue weighted by Crippen LogP contribution is -2.69. The number of aliphatic hydroxyl groups is 2. The van der Waals surface area contributed by atoms with Crippen molar-refractivity contribution < 1.29 is 33.7 Å². The number of Topliss-reactive ketones (excluding diaryl/α,β-unsaturated/α-hetero) is 1. The van der Waals surface area contributed by atoms with Gasteiger partial charge in [0.1, 0.15) is 11.3 Å². The van der Waals surface area contributed by atoms with Gasteiger partial charge in [0.2, 0.25) is 5.78 Å². The van der Waals surface area contributed by atoms with Gasteiger partial charge in [-0.1, -0.05) is 19.4 Å². The highest BCUT2D eigenvalue weighted by Gasteiger charge is 2.74. The van der Waals surface area contributed by atoms with E-state index >= 15 is 4.39 Å². The van der Waals surface area contributed by atoms with Gasteiger partial charge in [-0.05, 0) is 50.5 Å². The van der Waals surface area contributed by atoms with E-state index < -0.39 is 52.5 Å². The molecular formula is C23H31FO6. The molecule has 7 atom stereocenters. The number of aliphatic hydroxyl groups excluding tert-OH is 1. The second-order valence-electron chi connectivity index (χ2n) is 10.2. The molecule has 4 aliphatic rings. The molecule has 0 bridgehead atoms. The summed E-state index contributed by atoms with van der Waals surface area (Å²) in [6.45, 7) is 4.25. The first-order valence-electron chi connectivity index (χ1n) is 10.9. The van der Waals surface area contributed by atoms with Crippen molar-refractivity contribution in [2.45, 2.75) is 83.1 Å². The highest BCUT2D eigenvalue weighted by Crippen LogP contribution is 2.70. The van der Waals surface area contributed by atoms with Gasteiger partial charge in [-0.2, -0.15) is 0 Å². The molecule has 166 valence electrons. The summed E-state index contributed by atoms with van der Waals surface area (Å²) in [6, 6.07) is 0. The molecule has 4 aliphatic carbocycles. The Kier molecular flexibility index (Phi) is 4.83. The number of carbonyl (C=O) groups is 3. The number of rotatable bonds is 3. The van der Waals surface area contributed by atoms with Crippen molar-refractivity contribution in [3.63, 3.8) is 0 Å². The second kappa shape index (κ2) is 6.70. The lowest BCUT2D eigenvalue weighted by atomic mass is 9.44. The quantitative estimate of drug-likeness (QED) is 0.678. The van der Waals surface area contributed by atoms with E-state index in [2.05, 4.69) is 0 Å². The highest BCUT2D eigenvalue weighted by molar-refractivity contribution is 5.92. The van der Waals surface area contributed by atoms with Crippen molar-refractivity contribution in [3.05, 3.63) is 11.6 Å². The third-order valence-corrected chi connectivity index (χ3v) is 9.06. The Labute approximate surface area is 175 Å². The van der Waals surface area contributed by atoms with Crippen LogP contribution in [0, 0.1) is 22.7 Å². The number of halogens is 1. The molecule has 7 heteroatoms. The van der Waals surface area contributed by atoms with Crippen LogP contribution in [0.2, 0.25) is 0 Å². The van der Waals surface area contributed by atoms with Crippen molar-refractivity contribution in [3.8, 4) is 0 Å². The van der Waals surface area contributed by atoms with Gasteiger partial charge in [-0.3, -0.25) is 14.4 Å². The molecule has 0 saturated heterocycles. The molecule has 0 heterocycles. The molecule has 0 aromatic carbocycles. The van der Waals surface area contributed by atoms with E-state index in [0.29, 0.717) is 25.7 Å². The number of esters is 1. The maximum Gasteiger partial charge on any atom is 0.303 e. The van der Waals surface area contributed by atoms with Crippen molar-refractivity contribution in [1.29, 1.82) is 0 Å². The van der Waals surface area contributed by atoms with Crippen LogP contribution in [0.15, 0.2) is 11.6 Å². The van der Waals surface area contributed by atoms with Crippen molar-refractivity contribution in [2.75, 3.05) is 6.61 Å². The first-order valence-corrected chi connectivity index (χ1v) is 10.9. The lowest BCUT2D eigenvalue weighted by Gasteiger charge is -2.63. The summed E-state index contributed by atoms with van der Waals surface area (Å²) < 4.78 is 21.8. The number of hydrogen-bond acceptors (Lipinski definition) is 6. The minimum atomic E-state index is -1.91. The first-order chi connectivity index (χ1) is 13.9. The number of ketones is 2. The minimum Gasteiger partial charge on any atom is -0.458 e. The molecule has 0 aromatic heterocycles. The van der Waals surface area contributed by atoms with Gasteiger partial charge in [0.15, 0.2) is 12.4 Å². The summed E-state index contributed by atoms with van der Waals surface area (Å²) in [6.07, 6.45) is 2.45. The molecule has 0 aromatic rings. The lowest BCUT2D eigenvalue weighted by molar-refractivity contribution is -0.227. The molecule has 3 saturated carbocycles. The predicted molar refractivity (Wildman–Crippen MR) is 105 cm³/mol. The third kappa shape index (κ3) is 2.57. The molecule has 2 N–H and O–H groups in total. The Bertz CT molecular complexity index is 838. The van der Waals surface area contributed by atoms with Crippen LogP contribution in [0.3, 0.4) is 0 Å². The van der Waals surface area contributed by atoms with Gasteiger partial charge in [0, 0.05) is 30.1 Å². The largest absolute Gasteiger partial charge is 0.458 e. The van der Waals surface area contributed by atoms with Crippen molar-refractivity contribution in [1.82, 2.24) is 0 Å². The van der Waals surface area contributed by atoms with E-state index in [4.69, 9.17) is 4.74 Å². The van der Waals surface area contributed by atoms with Gasteiger partial charge in [0.05, 0.1) is 6.10 Å². The highest BCUT2D eigenvalue weighted by atomic mass is 19.1. The number of fused-ring (bicyclic) bond motifs is 5. The van der Waals surface area contributed by atoms with Gasteiger partial charge >= 0.3 is 5.97 Å². The topological polar surface area (TPSA) is 101 Å². The molecule has 30 heavy (non-hydrogen) atoms. The average Bonchev–Trinajstić information content (AvgIpc) is 2.94. The zero-order valence-electron chi connectivity index (χ0n) is 17.9. The van der Waals surface area contributed by atoms with Gasteiger partial charge in [0.25, 0.3) is 0 Å². The van der Waals surface area contributed by atoms with E-state index in [9.17, 15) is 24.6 Å². The van der Waals surface area contributed by atoms with E-state index in [-0.39, 0.29) is 31.0 Å². The summed E-state index contributed by atoms with van der Waals surface area (Å²) in [5.74, 6) is -1.99. The maximum atomic E-state index is 16.9. The zero-order valence-corrected chi connectivity index (χ0v) is 17.9. The van der Waals surface area contributed by atoms with Crippen LogP contribution >= 0.6 is 0 Å². The van der Waals surface area contributed by atoms with E-state index in [1.54, 1.807) is 13.0 Å². The summed E-state index contributed by atoms with van der Waals surface area (Å²) in [4.78, 5) is 35.9. The molecule has 0 unspecified atom stereocenters. The van der Waals surface area contributed by atoms with Crippen LogP contribution in [-0.4, -0.2) is 51.7 Å². The standard InChI is InChI=1S/C23H31FO6/c1-13(25)30-12-19(28)22(29)9-7-16-17-5-4-14-10-15(26)6-8-20(14,2)23(17,24)18(27)11-21(16,22)3/h10,16-18,27,29H,4-9,11-12H2,1-3H3/t16-,17-,18+,20+,21+,22-,23-/m1/s1. The van der Waals surface area contributed by atoms with Crippen molar-refractivity contribution in [2.24, 2.45) is 22.7 Å². The summed E-state index contributed by atoms with van der Waals surface area (Å²) >= 11 is 0. The molecule has 0 amide bonds. The predicted octanol–water partition coefficient (Wildman–Crippen LogP) is 2.44. The fraction of sp³-hybridized carbons (Fsp3) is 0.783. The molecule has 6 nitrogen and oxygen atoms in total. The minimum absolute atomic E-state index is 0.00553. The zero-order chi connectivity index (χ0) is 22.1. The molecule has 4 rings (SSSR count). The second-order valence-corrected chi connectivity index (χ2v) is 10.2. The summed E-state index contributed by atoms with van der Waals surface area (Å²) in [5.41, 5.74) is -4.83. The van der Waals surface area contributed by atoms with Gasteiger partial charge in [-0.15, -0.1) is 0 Å².